The van der Waals surface area contributed by atoms with Crippen LogP contribution in [0.4, 0.5) is 0 Å². The molecule has 1 aliphatic heterocycles. The summed E-state index contributed by atoms with van der Waals surface area (Å²) in [6.07, 6.45) is 5.29. The minimum absolute atomic E-state index is 0.0723. The lowest BCUT2D eigenvalue weighted by atomic mass is 9.70. The summed E-state index contributed by atoms with van der Waals surface area (Å²) < 4.78 is 0. The molecule has 5 heteroatoms. The minimum atomic E-state index is -0.380. The molecule has 1 saturated heterocycles. The summed E-state index contributed by atoms with van der Waals surface area (Å²) in [5, 5.41) is 5.85. The van der Waals surface area contributed by atoms with Gasteiger partial charge in [-0.1, -0.05) is 6.92 Å². The number of carbonyl (C=O) groups excluding carboxylic acids is 2. The molecule has 0 aromatic rings. The zero-order valence-electron chi connectivity index (χ0n) is 11.7. The smallest absolute Gasteiger partial charge is 0.227 e. The molecule has 1 atom stereocenters. The van der Waals surface area contributed by atoms with Crippen LogP contribution >= 0.6 is 0 Å². The fourth-order valence-corrected chi connectivity index (χ4v) is 3.07. The quantitative estimate of drug-likeness (QED) is 0.695. The Morgan fingerprint density at radius 2 is 2.11 bits per heavy atom. The summed E-state index contributed by atoms with van der Waals surface area (Å²) in [5.41, 5.74) is 5.48. The van der Waals surface area contributed by atoms with Crippen molar-refractivity contribution in [3.63, 3.8) is 0 Å². The third-order valence-electron chi connectivity index (χ3n) is 4.70. The van der Waals surface area contributed by atoms with Crippen LogP contribution < -0.4 is 16.4 Å². The van der Waals surface area contributed by atoms with Crippen LogP contribution in [0.1, 0.15) is 45.4 Å². The van der Waals surface area contributed by atoms with E-state index in [1.54, 1.807) is 0 Å². The van der Waals surface area contributed by atoms with Crippen molar-refractivity contribution < 1.29 is 9.59 Å². The predicted octanol–water partition coefficient (Wildman–Crippen LogP) is 0.536. The third kappa shape index (κ3) is 3.26. The van der Waals surface area contributed by atoms with Gasteiger partial charge in [-0.3, -0.25) is 9.59 Å². The van der Waals surface area contributed by atoms with Crippen molar-refractivity contribution in [3.05, 3.63) is 0 Å². The molecule has 1 heterocycles. The number of hydrogen-bond acceptors (Lipinski definition) is 3. The first-order valence-electron chi connectivity index (χ1n) is 7.33. The molecular weight excluding hydrogens is 242 g/mol. The molecule has 1 aliphatic carbocycles. The fraction of sp³-hybridized carbons (Fsp3) is 0.857. The molecule has 2 rings (SSSR count). The molecule has 0 aromatic carbocycles. The van der Waals surface area contributed by atoms with E-state index in [0.717, 1.165) is 32.1 Å². The van der Waals surface area contributed by atoms with Gasteiger partial charge in [-0.05, 0) is 38.0 Å². The maximum absolute atomic E-state index is 12.4. The van der Waals surface area contributed by atoms with Gasteiger partial charge in [0.1, 0.15) is 0 Å². The Morgan fingerprint density at radius 1 is 1.42 bits per heavy atom. The molecule has 0 spiro atoms. The lowest BCUT2D eigenvalue weighted by molar-refractivity contribution is -0.133. The van der Waals surface area contributed by atoms with Gasteiger partial charge in [0.15, 0.2) is 0 Å². The van der Waals surface area contributed by atoms with Crippen molar-refractivity contribution in [2.45, 2.75) is 51.5 Å². The Hall–Kier alpha value is -1.10. The van der Waals surface area contributed by atoms with Crippen LogP contribution in [0.2, 0.25) is 0 Å². The Labute approximate surface area is 114 Å². The minimum Gasteiger partial charge on any atom is -0.354 e. The van der Waals surface area contributed by atoms with Crippen LogP contribution in [0.25, 0.3) is 0 Å². The molecule has 5 nitrogen and oxygen atoms in total. The number of carbonyl (C=O) groups is 2. The highest BCUT2D eigenvalue weighted by atomic mass is 16.2. The molecule has 2 fully saturated rings. The summed E-state index contributed by atoms with van der Waals surface area (Å²) in [6, 6.07) is 0.0915. The number of hydrogen-bond donors (Lipinski definition) is 3. The van der Waals surface area contributed by atoms with Crippen LogP contribution in [-0.2, 0) is 9.59 Å². The fourth-order valence-electron chi connectivity index (χ4n) is 3.07. The maximum atomic E-state index is 12.4. The Bertz CT molecular complexity index is 349. The number of nitrogens with two attached hydrogens (primary N) is 1. The lowest BCUT2D eigenvalue weighted by Gasteiger charge is -2.37. The van der Waals surface area contributed by atoms with Gasteiger partial charge in [0.2, 0.25) is 11.8 Å². The zero-order chi connectivity index (χ0) is 13.9. The Kier molecular flexibility index (Phi) is 4.45. The topological polar surface area (TPSA) is 84.2 Å². The van der Waals surface area contributed by atoms with Gasteiger partial charge in [-0.2, -0.15) is 0 Å². The zero-order valence-corrected chi connectivity index (χ0v) is 11.7. The van der Waals surface area contributed by atoms with Gasteiger partial charge < -0.3 is 16.4 Å². The van der Waals surface area contributed by atoms with E-state index >= 15 is 0 Å². The van der Waals surface area contributed by atoms with E-state index in [1.807, 2.05) is 0 Å². The predicted molar refractivity (Wildman–Crippen MR) is 73.3 cm³/mol. The molecule has 2 amide bonds. The van der Waals surface area contributed by atoms with E-state index in [1.165, 1.54) is 0 Å². The highest BCUT2D eigenvalue weighted by Gasteiger charge is 2.39. The van der Waals surface area contributed by atoms with Crippen molar-refractivity contribution in [2.75, 3.05) is 13.1 Å². The third-order valence-corrected chi connectivity index (χ3v) is 4.70. The molecular formula is C14H25N3O2. The summed E-state index contributed by atoms with van der Waals surface area (Å²) in [5.74, 6) is 0.851. The van der Waals surface area contributed by atoms with Crippen LogP contribution in [0.3, 0.4) is 0 Å². The molecule has 4 N–H and O–H groups in total. The Balaban J connectivity index is 1.85. The summed E-state index contributed by atoms with van der Waals surface area (Å²) >= 11 is 0. The standard InChI is InChI=1S/C14H25N3O2/c1-10-4-6-14(9-15,7-5-10)13(19)16-8-11-2-3-12(18)17-11/h10-11H,2-9,15H2,1H3,(H,16,19)(H,17,18). The van der Waals surface area contributed by atoms with E-state index < -0.39 is 0 Å². The van der Waals surface area contributed by atoms with Crippen molar-refractivity contribution in [1.82, 2.24) is 10.6 Å². The molecule has 0 radical (unpaired) electrons. The highest BCUT2D eigenvalue weighted by Crippen LogP contribution is 2.38. The van der Waals surface area contributed by atoms with E-state index in [4.69, 9.17) is 5.73 Å². The van der Waals surface area contributed by atoms with Gasteiger partial charge in [0, 0.05) is 25.6 Å². The average Bonchev–Trinajstić information content (AvgIpc) is 2.83. The summed E-state index contributed by atoms with van der Waals surface area (Å²) in [7, 11) is 0. The molecule has 0 bridgehead atoms. The largest absolute Gasteiger partial charge is 0.354 e. The second-order valence-electron chi connectivity index (χ2n) is 6.18. The van der Waals surface area contributed by atoms with Crippen LogP contribution in [0.15, 0.2) is 0 Å². The second kappa shape index (κ2) is 5.90. The maximum Gasteiger partial charge on any atom is 0.227 e. The first kappa shape index (κ1) is 14.3. The summed E-state index contributed by atoms with van der Waals surface area (Å²) in [4.78, 5) is 23.5. The number of amides is 2. The summed E-state index contributed by atoms with van der Waals surface area (Å²) in [6.45, 7) is 3.18. The van der Waals surface area contributed by atoms with Crippen molar-refractivity contribution in [2.24, 2.45) is 17.1 Å². The molecule has 1 saturated carbocycles. The first-order valence-corrected chi connectivity index (χ1v) is 7.33. The van der Waals surface area contributed by atoms with Crippen LogP contribution in [0.5, 0.6) is 0 Å². The van der Waals surface area contributed by atoms with Crippen LogP contribution in [-0.4, -0.2) is 30.9 Å². The van der Waals surface area contributed by atoms with Crippen LogP contribution in [0, 0.1) is 11.3 Å². The first-order chi connectivity index (χ1) is 9.05. The number of rotatable bonds is 4. The molecule has 19 heavy (non-hydrogen) atoms. The normalized spacial score (nSPS) is 34.9. The van der Waals surface area contributed by atoms with E-state index in [2.05, 4.69) is 17.6 Å². The average molecular weight is 267 g/mol. The molecule has 0 aromatic heterocycles. The van der Waals surface area contributed by atoms with Gasteiger partial charge >= 0.3 is 0 Å². The van der Waals surface area contributed by atoms with Crippen molar-refractivity contribution >= 4 is 11.8 Å². The van der Waals surface area contributed by atoms with Gasteiger partial charge in [-0.15, -0.1) is 0 Å². The highest BCUT2D eigenvalue weighted by molar-refractivity contribution is 5.83. The molecule has 2 aliphatic rings. The molecule has 108 valence electrons. The number of nitrogens with one attached hydrogen (secondary N) is 2. The lowest BCUT2D eigenvalue weighted by Crippen LogP contribution is -2.50. The van der Waals surface area contributed by atoms with Crippen molar-refractivity contribution in [1.29, 1.82) is 0 Å². The second-order valence-corrected chi connectivity index (χ2v) is 6.18. The van der Waals surface area contributed by atoms with Gasteiger partial charge in [-0.25, -0.2) is 0 Å². The van der Waals surface area contributed by atoms with E-state index in [0.29, 0.717) is 25.4 Å². The molecule has 1 unspecified atom stereocenters. The monoisotopic (exact) mass is 267 g/mol. The van der Waals surface area contributed by atoms with E-state index in [9.17, 15) is 9.59 Å². The Morgan fingerprint density at radius 3 is 2.63 bits per heavy atom. The van der Waals surface area contributed by atoms with E-state index in [-0.39, 0.29) is 23.3 Å². The van der Waals surface area contributed by atoms with Gasteiger partial charge in [0.05, 0.1) is 5.41 Å². The van der Waals surface area contributed by atoms with Gasteiger partial charge in [0.25, 0.3) is 0 Å². The SMILES string of the molecule is CC1CCC(CN)(C(=O)NCC2CCC(=O)N2)CC1. The van der Waals surface area contributed by atoms with Crippen molar-refractivity contribution in [3.8, 4) is 0 Å².